The van der Waals surface area contributed by atoms with Crippen LogP contribution >= 0.6 is 11.8 Å². The van der Waals surface area contributed by atoms with Crippen LogP contribution in [0.25, 0.3) is 0 Å². The first-order chi connectivity index (χ1) is 5.20. The van der Waals surface area contributed by atoms with Crippen molar-refractivity contribution in [3.63, 3.8) is 0 Å². The van der Waals surface area contributed by atoms with Gasteiger partial charge in [0.25, 0.3) is 11.8 Å². The first-order valence-electron chi connectivity index (χ1n) is 2.89. The molecule has 5 heteroatoms. The summed E-state index contributed by atoms with van der Waals surface area (Å²) in [7, 11) is 0. The van der Waals surface area contributed by atoms with Gasteiger partial charge >= 0.3 is 0 Å². The molecule has 0 aromatic heterocycles. The number of hydrogen-bond acceptors (Lipinski definition) is 3. The Balaban J connectivity index is 2.88. The maximum Gasteiger partial charge on any atom is 0.267 e. The molecule has 0 atom stereocenters. The number of carbonyl (C=O) groups excluding carboxylic acids is 2. The summed E-state index contributed by atoms with van der Waals surface area (Å²) >= 11 is 1.29. The Morgan fingerprint density at radius 1 is 1.73 bits per heavy atom. The van der Waals surface area contributed by atoms with E-state index in [1.54, 1.807) is 5.41 Å². The minimum atomic E-state index is -0.669. The number of amides is 2. The molecule has 0 aliphatic carbocycles. The highest BCUT2D eigenvalue weighted by molar-refractivity contribution is 8.02. The SMILES string of the molecule is NC(=O)C1=NC(=O)CSC=C1. The van der Waals surface area contributed by atoms with Crippen molar-refractivity contribution in [3.05, 3.63) is 11.5 Å². The number of hydrogen-bond donors (Lipinski definition) is 1. The number of carbonyl (C=O) groups is 2. The van der Waals surface area contributed by atoms with Gasteiger partial charge in [0, 0.05) is 0 Å². The summed E-state index contributed by atoms with van der Waals surface area (Å²) in [6, 6.07) is 0. The molecule has 4 nitrogen and oxygen atoms in total. The highest BCUT2D eigenvalue weighted by atomic mass is 32.2. The molecule has 0 saturated heterocycles. The predicted molar refractivity (Wildman–Crippen MR) is 43.2 cm³/mol. The van der Waals surface area contributed by atoms with Crippen molar-refractivity contribution in [1.82, 2.24) is 0 Å². The Labute approximate surface area is 67.5 Å². The molecule has 1 aliphatic rings. The monoisotopic (exact) mass is 170 g/mol. The maximum atomic E-state index is 10.7. The molecule has 0 aromatic rings. The summed E-state index contributed by atoms with van der Waals surface area (Å²) in [5.41, 5.74) is 4.94. The average molecular weight is 170 g/mol. The van der Waals surface area contributed by atoms with Crippen LogP contribution in [-0.4, -0.2) is 23.3 Å². The molecular formula is C6H6N2O2S. The van der Waals surface area contributed by atoms with Gasteiger partial charge in [0.15, 0.2) is 0 Å². The van der Waals surface area contributed by atoms with E-state index in [1.165, 1.54) is 17.8 Å². The molecule has 11 heavy (non-hydrogen) atoms. The zero-order valence-corrected chi connectivity index (χ0v) is 6.43. The number of rotatable bonds is 1. The fraction of sp³-hybridized carbons (Fsp3) is 0.167. The van der Waals surface area contributed by atoms with Crippen LogP contribution in [0.3, 0.4) is 0 Å². The van der Waals surface area contributed by atoms with Crippen molar-refractivity contribution in [2.45, 2.75) is 0 Å². The van der Waals surface area contributed by atoms with E-state index >= 15 is 0 Å². The van der Waals surface area contributed by atoms with Gasteiger partial charge in [-0.25, -0.2) is 4.99 Å². The van der Waals surface area contributed by atoms with E-state index in [2.05, 4.69) is 4.99 Å². The molecule has 1 heterocycles. The zero-order valence-electron chi connectivity index (χ0n) is 5.61. The maximum absolute atomic E-state index is 10.7. The first kappa shape index (κ1) is 8.00. The van der Waals surface area contributed by atoms with Crippen molar-refractivity contribution in [2.75, 3.05) is 5.75 Å². The minimum absolute atomic E-state index is 0.0278. The quantitative estimate of drug-likeness (QED) is 0.587. The lowest BCUT2D eigenvalue weighted by molar-refractivity contribution is -0.116. The second kappa shape index (κ2) is 3.34. The van der Waals surface area contributed by atoms with E-state index in [-0.39, 0.29) is 17.4 Å². The van der Waals surface area contributed by atoms with Crippen molar-refractivity contribution in [2.24, 2.45) is 10.7 Å². The molecule has 0 aromatic carbocycles. The molecule has 0 radical (unpaired) electrons. The van der Waals surface area contributed by atoms with Crippen molar-refractivity contribution < 1.29 is 9.59 Å². The van der Waals surface area contributed by atoms with Gasteiger partial charge in [-0.3, -0.25) is 9.59 Å². The van der Waals surface area contributed by atoms with E-state index in [4.69, 9.17) is 5.73 Å². The smallest absolute Gasteiger partial charge is 0.267 e. The Kier molecular flexibility index (Phi) is 2.43. The second-order valence-electron chi connectivity index (χ2n) is 1.87. The van der Waals surface area contributed by atoms with Gasteiger partial charge in [-0.15, -0.1) is 11.8 Å². The standard InChI is InChI=1S/C6H6N2O2S/c7-6(10)4-1-2-11-3-5(9)8-4/h1-2H,3H2,(H2,7,10). The number of nitrogens with zero attached hydrogens (tertiary/aromatic N) is 1. The molecule has 0 fully saturated rings. The molecule has 0 saturated carbocycles. The Morgan fingerprint density at radius 2 is 2.45 bits per heavy atom. The third-order valence-corrected chi connectivity index (χ3v) is 1.77. The largest absolute Gasteiger partial charge is 0.364 e. The minimum Gasteiger partial charge on any atom is -0.364 e. The molecule has 2 N–H and O–H groups in total. The molecule has 0 bridgehead atoms. The number of thioether (sulfide) groups is 1. The Bertz CT molecular complexity index is 257. The van der Waals surface area contributed by atoms with Gasteiger partial charge in [-0.2, -0.15) is 0 Å². The normalized spacial score (nSPS) is 17.5. The van der Waals surface area contributed by atoms with Gasteiger partial charge in [-0.05, 0) is 11.5 Å². The summed E-state index contributed by atoms with van der Waals surface area (Å²) in [4.78, 5) is 24.7. The van der Waals surface area contributed by atoms with Crippen LogP contribution in [0.2, 0.25) is 0 Å². The van der Waals surface area contributed by atoms with Gasteiger partial charge in [0.05, 0.1) is 5.75 Å². The van der Waals surface area contributed by atoms with Crippen molar-refractivity contribution in [3.8, 4) is 0 Å². The van der Waals surface area contributed by atoms with Gasteiger partial charge in [-0.1, -0.05) is 0 Å². The summed E-state index contributed by atoms with van der Waals surface area (Å²) in [5, 5.41) is 1.63. The third-order valence-electron chi connectivity index (χ3n) is 1.03. The lowest BCUT2D eigenvalue weighted by atomic mass is 10.3. The van der Waals surface area contributed by atoms with E-state index < -0.39 is 5.91 Å². The van der Waals surface area contributed by atoms with Crippen LogP contribution in [0.1, 0.15) is 0 Å². The highest BCUT2D eigenvalue weighted by Gasteiger charge is 2.09. The van der Waals surface area contributed by atoms with E-state index in [1.807, 2.05) is 0 Å². The van der Waals surface area contributed by atoms with Crippen LogP contribution < -0.4 is 5.73 Å². The lowest BCUT2D eigenvalue weighted by Crippen LogP contribution is -2.22. The highest BCUT2D eigenvalue weighted by Crippen LogP contribution is 2.06. The van der Waals surface area contributed by atoms with Gasteiger partial charge in [0.1, 0.15) is 5.71 Å². The zero-order chi connectivity index (χ0) is 8.27. The summed E-state index contributed by atoms with van der Waals surface area (Å²) < 4.78 is 0. The van der Waals surface area contributed by atoms with Crippen LogP contribution in [0, 0.1) is 0 Å². The summed E-state index contributed by atoms with van der Waals surface area (Å²) in [5.74, 6) is -0.723. The average Bonchev–Trinajstić information content (AvgIpc) is 2.13. The van der Waals surface area contributed by atoms with Crippen LogP contribution in [0.4, 0.5) is 0 Å². The van der Waals surface area contributed by atoms with Gasteiger partial charge in [0.2, 0.25) is 0 Å². The molecule has 0 spiro atoms. The van der Waals surface area contributed by atoms with E-state index in [0.29, 0.717) is 0 Å². The fourth-order valence-electron chi connectivity index (χ4n) is 0.573. The number of aliphatic imine (C=N–C) groups is 1. The Morgan fingerprint density at radius 3 is 3.09 bits per heavy atom. The molecule has 1 rings (SSSR count). The lowest BCUT2D eigenvalue weighted by Gasteiger charge is -1.89. The molecule has 2 amide bonds. The van der Waals surface area contributed by atoms with Crippen molar-refractivity contribution >= 4 is 29.3 Å². The number of primary amides is 1. The predicted octanol–water partition coefficient (Wildman–Crippen LogP) is -0.300. The van der Waals surface area contributed by atoms with Crippen LogP contribution in [0.5, 0.6) is 0 Å². The van der Waals surface area contributed by atoms with Crippen molar-refractivity contribution in [1.29, 1.82) is 0 Å². The molecule has 1 aliphatic heterocycles. The van der Waals surface area contributed by atoms with Crippen LogP contribution in [0.15, 0.2) is 16.5 Å². The third kappa shape index (κ3) is 2.19. The second-order valence-corrected chi connectivity index (χ2v) is 2.76. The first-order valence-corrected chi connectivity index (χ1v) is 3.94. The summed E-state index contributed by atoms with van der Waals surface area (Å²) in [6.45, 7) is 0. The number of nitrogens with two attached hydrogens (primary N) is 1. The molecular weight excluding hydrogens is 164 g/mol. The van der Waals surface area contributed by atoms with Crippen LogP contribution in [-0.2, 0) is 9.59 Å². The topological polar surface area (TPSA) is 72.5 Å². The van der Waals surface area contributed by atoms with Gasteiger partial charge < -0.3 is 5.73 Å². The van der Waals surface area contributed by atoms with E-state index in [9.17, 15) is 9.59 Å². The molecule has 0 unspecified atom stereocenters. The summed E-state index contributed by atoms with van der Waals surface area (Å²) in [6.07, 6.45) is 1.44. The fourth-order valence-corrected chi connectivity index (χ4v) is 1.10. The Hall–Kier alpha value is -1.10. The van der Waals surface area contributed by atoms with E-state index in [0.717, 1.165) is 0 Å². The molecule has 58 valence electrons.